The van der Waals surface area contributed by atoms with Crippen molar-refractivity contribution in [1.29, 1.82) is 0 Å². The maximum absolute atomic E-state index is 13.2. The Morgan fingerprint density at radius 1 is 1.57 bits per heavy atom. The molecule has 3 heteroatoms. The third-order valence-corrected chi connectivity index (χ3v) is 2.47. The third-order valence-electron chi connectivity index (χ3n) is 2.47. The Morgan fingerprint density at radius 2 is 2.07 bits per heavy atom. The molecule has 1 rings (SSSR count). The van der Waals surface area contributed by atoms with Gasteiger partial charge in [0.15, 0.2) is 0 Å². The summed E-state index contributed by atoms with van der Waals surface area (Å²) in [5, 5.41) is 0. The molecule has 0 aromatic rings. The lowest BCUT2D eigenvalue weighted by Gasteiger charge is -2.05. The minimum absolute atomic E-state index is 0.148. The zero-order valence-electron chi connectivity index (χ0n) is 9.13. The molecule has 0 saturated heterocycles. The average Bonchev–Trinajstić information content (AvgIpc) is 2.56. The number of hydrogen-bond donors (Lipinski definition) is 0. The van der Waals surface area contributed by atoms with Crippen molar-refractivity contribution in [2.45, 2.75) is 40.2 Å². The summed E-state index contributed by atoms with van der Waals surface area (Å²) in [5.74, 6) is -1.42. The van der Waals surface area contributed by atoms with Crippen molar-refractivity contribution in [1.82, 2.24) is 0 Å². The summed E-state index contributed by atoms with van der Waals surface area (Å²) in [7, 11) is 0. The van der Waals surface area contributed by atoms with Gasteiger partial charge in [-0.05, 0) is 37.7 Å². The lowest BCUT2D eigenvalue weighted by molar-refractivity contribution is -0.144. The highest BCUT2D eigenvalue weighted by molar-refractivity contribution is 5.86. The minimum Gasteiger partial charge on any atom is -0.458 e. The fourth-order valence-corrected chi connectivity index (χ4v) is 1.31. The number of ether oxygens (including phenoxy) is 1. The van der Waals surface area contributed by atoms with E-state index in [2.05, 4.69) is 13.8 Å². The summed E-state index contributed by atoms with van der Waals surface area (Å²) >= 11 is 0. The van der Waals surface area contributed by atoms with E-state index in [1.807, 2.05) is 0 Å². The van der Waals surface area contributed by atoms with Crippen LogP contribution in [0.4, 0.5) is 4.39 Å². The fraction of sp³-hybridized carbons (Fsp3) is 0.727. The molecule has 0 heterocycles. The molecule has 0 aliphatic heterocycles. The lowest BCUT2D eigenvalue weighted by atomic mass is 10.1. The Hall–Kier alpha value is -0.860. The van der Waals surface area contributed by atoms with Crippen molar-refractivity contribution >= 4 is 5.97 Å². The predicted molar refractivity (Wildman–Crippen MR) is 52.3 cm³/mol. The van der Waals surface area contributed by atoms with E-state index in [1.165, 1.54) is 6.08 Å². The second-order valence-corrected chi connectivity index (χ2v) is 4.77. The molecule has 2 nitrogen and oxygen atoms in total. The van der Waals surface area contributed by atoms with Gasteiger partial charge in [0.05, 0.1) is 6.10 Å². The van der Waals surface area contributed by atoms with Crippen LogP contribution in [0.3, 0.4) is 0 Å². The van der Waals surface area contributed by atoms with Crippen LogP contribution in [0.5, 0.6) is 0 Å². The van der Waals surface area contributed by atoms with Crippen LogP contribution >= 0.6 is 0 Å². The summed E-state index contributed by atoms with van der Waals surface area (Å²) in [4.78, 5) is 11.1. The van der Waals surface area contributed by atoms with E-state index >= 15 is 0 Å². The van der Waals surface area contributed by atoms with E-state index in [1.54, 1.807) is 13.8 Å². The molecule has 80 valence electrons. The molecular weight excluding hydrogens is 183 g/mol. The number of allylic oxidation sites excluding steroid dienone is 1. The summed E-state index contributed by atoms with van der Waals surface area (Å²) in [6, 6.07) is 0. The van der Waals surface area contributed by atoms with Gasteiger partial charge in [-0.1, -0.05) is 13.8 Å². The molecule has 1 saturated carbocycles. The molecule has 0 bridgehead atoms. The monoisotopic (exact) mass is 200 g/mol. The van der Waals surface area contributed by atoms with Gasteiger partial charge in [-0.2, -0.15) is 4.39 Å². The molecule has 1 atom stereocenters. The van der Waals surface area contributed by atoms with Gasteiger partial charge in [-0.25, -0.2) is 4.79 Å². The number of esters is 1. The zero-order valence-corrected chi connectivity index (χ0v) is 9.13. The Bertz CT molecular complexity index is 266. The smallest absolute Gasteiger partial charge is 0.367 e. The summed E-state index contributed by atoms with van der Waals surface area (Å²) in [6.45, 7) is 7.50. The summed E-state index contributed by atoms with van der Waals surface area (Å²) < 4.78 is 17.9. The molecule has 1 aliphatic carbocycles. The molecule has 14 heavy (non-hydrogen) atoms. The van der Waals surface area contributed by atoms with Crippen LogP contribution in [-0.4, -0.2) is 12.1 Å². The number of halogens is 1. The van der Waals surface area contributed by atoms with Crippen molar-refractivity contribution < 1.29 is 13.9 Å². The van der Waals surface area contributed by atoms with E-state index in [4.69, 9.17) is 4.74 Å². The first-order chi connectivity index (χ1) is 6.33. The topological polar surface area (TPSA) is 26.3 Å². The van der Waals surface area contributed by atoms with Crippen LogP contribution in [0.1, 0.15) is 34.1 Å². The van der Waals surface area contributed by atoms with Crippen LogP contribution in [0, 0.1) is 11.3 Å². The fourth-order valence-electron chi connectivity index (χ4n) is 1.31. The molecule has 0 aromatic carbocycles. The Kier molecular flexibility index (Phi) is 2.98. The summed E-state index contributed by atoms with van der Waals surface area (Å²) in [6.07, 6.45) is 2.05. The van der Waals surface area contributed by atoms with Gasteiger partial charge >= 0.3 is 5.97 Å². The molecule has 0 spiro atoms. The lowest BCUT2D eigenvalue weighted by Crippen LogP contribution is -2.11. The predicted octanol–water partition coefficient (Wildman–Crippen LogP) is 2.84. The first kappa shape index (κ1) is 11.2. The normalized spacial score (nSPS) is 25.0. The quantitative estimate of drug-likeness (QED) is 0.517. The first-order valence-electron chi connectivity index (χ1n) is 4.91. The largest absolute Gasteiger partial charge is 0.458 e. The maximum Gasteiger partial charge on any atom is 0.367 e. The van der Waals surface area contributed by atoms with E-state index in [9.17, 15) is 9.18 Å². The molecular formula is C11H17FO2. The van der Waals surface area contributed by atoms with Crippen molar-refractivity contribution in [2.75, 3.05) is 0 Å². The van der Waals surface area contributed by atoms with Crippen molar-refractivity contribution in [2.24, 2.45) is 11.3 Å². The van der Waals surface area contributed by atoms with Gasteiger partial charge in [-0.3, -0.25) is 0 Å². The number of hydrogen-bond acceptors (Lipinski definition) is 2. The van der Waals surface area contributed by atoms with Crippen molar-refractivity contribution in [3.63, 3.8) is 0 Å². The van der Waals surface area contributed by atoms with Gasteiger partial charge in [0.1, 0.15) is 0 Å². The standard InChI is InChI=1S/C11H17FO2/c1-7(2)14-10(13)9(12)5-8-6-11(8,3)4/h5,7-8H,6H2,1-4H3/b9-5+. The number of carbonyl (C=O) groups excluding carboxylic acids is 1. The van der Waals surface area contributed by atoms with Crippen LogP contribution in [-0.2, 0) is 9.53 Å². The second-order valence-electron chi connectivity index (χ2n) is 4.77. The first-order valence-corrected chi connectivity index (χ1v) is 4.91. The Morgan fingerprint density at radius 3 is 2.43 bits per heavy atom. The van der Waals surface area contributed by atoms with Crippen molar-refractivity contribution in [3.05, 3.63) is 11.9 Å². The van der Waals surface area contributed by atoms with E-state index in [0.717, 1.165) is 6.42 Å². The van der Waals surface area contributed by atoms with Gasteiger partial charge in [0, 0.05) is 0 Å². The van der Waals surface area contributed by atoms with Gasteiger partial charge in [0.2, 0.25) is 5.83 Å². The molecule has 0 amide bonds. The highest BCUT2D eigenvalue weighted by atomic mass is 19.1. The van der Waals surface area contributed by atoms with Gasteiger partial charge < -0.3 is 4.74 Å². The van der Waals surface area contributed by atoms with Crippen LogP contribution in [0.25, 0.3) is 0 Å². The second kappa shape index (κ2) is 3.71. The SMILES string of the molecule is CC(C)OC(=O)/C(F)=C\C1CC1(C)C. The molecule has 0 N–H and O–H groups in total. The van der Waals surface area contributed by atoms with Gasteiger partial charge in [0.25, 0.3) is 0 Å². The molecule has 0 aromatic heterocycles. The zero-order chi connectivity index (χ0) is 10.9. The Labute approximate surface area is 84.1 Å². The van der Waals surface area contributed by atoms with E-state index in [0.29, 0.717) is 0 Å². The Balaban J connectivity index is 2.49. The third kappa shape index (κ3) is 2.82. The van der Waals surface area contributed by atoms with Crippen LogP contribution < -0.4 is 0 Å². The van der Waals surface area contributed by atoms with Crippen molar-refractivity contribution in [3.8, 4) is 0 Å². The van der Waals surface area contributed by atoms with Gasteiger partial charge in [-0.15, -0.1) is 0 Å². The highest BCUT2D eigenvalue weighted by Gasteiger charge is 2.44. The highest BCUT2D eigenvalue weighted by Crippen LogP contribution is 2.52. The summed E-state index contributed by atoms with van der Waals surface area (Å²) in [5.41, 5.74) is 0.148. The molecule has 0 radical (unpaired) electrons. The average molecular weight is 200 g/mol. The molecule has 1 aliphatic rings. The van der Waals surface area contributed by atoms with E-state index in [-0.39, 0.29) is 17.4 Å². The number of carbonyl (C=O) groups is 1. The van der Waals surface area contributed by atoms with E-state index < -0.39 is 11.8 Å². The maximum atomic E-state index is 13.2. The van der Waals surface area contributed by atoms with Crippen LogP contribution in [0.15, 0.2) is 11.9 Å². The number of rotatable bonds is 3. The minimum atomic E-state index is -0.845. The molecule has 1 fully saturated rings. The molecule has 1 unspecified atom stereocenters. The van der Waals surface area contributed by atoms with Crippen LogP contribution in [0.2, 0.25) is 0 Å².